The molecule has 1 fully saturated rings. The first-order chi connectivity index (χ1) is 34.0. The molecule has 0 aliphatic carbocycles. The van der Waals surface area contributed by atoms with Crippen LogP contribution >= 0.6 is 0 Å². The first-order valence-electron chi connectivity index (χ1n) is 25.8. The van der Waals surface area contributed by atoms with Gasteiger partial charge in [0.1, 0.15) is 0 Å². The van der Waals surface area contributed by atoms with E-state index in [-0.39, 0.29) is 17.9 Å². The summed E-state index contributed by atoms with van der Waals surface area (Å²) in [6.45, 7) is 32.1. The molecule has 0 N–H and O–H groups in total. The lowest BCUT2D eigenvalue weighted by Crippen LogP contribution is -2.43. The summed E-state index contributed by atoms with van der Waals surface area (Å²) in [4.78, 5) is 31.7. The molecule has 0 radical (unpaired) electrons. The van der Waals surface area contributed by atoms with E-state index in [4.69, 9.17) is 52.1 Å². The van der Waals surface area contributed by atoms with Gasteiger partial charge in [0.2, 0.25) is 0 Å². The zero-order valence-electron chi connectivity index (χ0n) is 45.9. The Morgan fingerprint density at radius 3 is 1.03 bits per heavy atom. The summed E-state index contributed by atoms with van der Waals surface area (Å²) < 4.78 is 54.8. The minimum absolute atomic E-state index is 0.297. The van der Waals surface area contributed by atoms with E-state index in [9.17, 15) is 14.4 Å². The maximum atomic E-state index is 10.7. The average Bonchev–Trinajstić information content (AvgIpc) is 3.36. The topological polar surface area (TPSA) is 153 Å². The zero-order chi connectivity index (χ0) is 53.3. The van der Waals surface area contributed by atoms with Crippen LogP contribution in [-0.4, -0.2) is 146 Å². The Morgan fingerprint density at radius 1 is 0.414 bits per heavy atom. The molecular formula is C56H106O14. The minimum atomic E-state index is -0.359. The summed E-state index contributed by atoms with van der Waals surface area (Å²) >= 11 is 0. The second kappa shape index (κ2) is 70.0. The molecular weight excluding hydrogens is 897 g/mol. The molecule has 0 saturated carbocycles. The molecule has 0 spiro atoms. The molecule has 0 aromatic rings. The van der Waals surface area contributed by atoms with Crippen LogP contribution in [0, 0.1) is 5.41 Å². The van der Waals surface area contributed by atoms with E-state index >= 15 is 0 Å². The van der Waals surface area contributed by atoms with E-state index in [1.165, 1.54) is 63.5 Å². The lowest BCUT2D eigenvalue weighted by molar-refractivity contribution is -0.138. The predicted molar refractivity (Wildman–Crippen MR) is 286 cm³/mol. The lowest BCUT2D eigenvalue weighted by atomic mass is 9.90. The summed E-state index contributed by atoms with van der Waals surface area (Å²) in [6, 6.07) is 0. The van der Waals surface area contributed by atoms with Crippen LogP contribution in [0.3, 0.4) is 0 Å². The van der Waals surface area contributed by atoms with E-state index < -0.39 is 0 Å². The number of rotatable bonds is 43. The van der Waals surface area contributed by atoms with Crippen molar-refractivity contribution in [3.8, 4) is 0 Å². The van der Waals surface area contributed by atoms with Gasteiger partial charge in [0.05, 0.1) is 39.6 Å². The second-order valence-corrected chi connectivity index (χ2v) is 16.5. The van der Waals surface area contributed by atoms with Crippen LogP contribution in [0.4, 0.5) is 0 Å². The highest BCUT2D eigenvalue weighted by molar-refractivity contribution is 5.81. The number of carbonyl (C=O) groups is 3. The van der Waals surface area contributed by atoms with Gasteiger partial charge in [-0.1, -0.05) is 83.8 Å². The molecule has 0 aromatic heterocycles. The van der Waals surface area contributed by atoms with Crippen molar-refractivity contribution >= 4 is 17.9 Å². The van der Waals surface area contributed by atoms with Gasteiger partial charge in [0.15, 0.2) is 0 Å². The van der Waals surface area contributed by atoms with Gasteiger partial charge >= 0.3 is 17.9 Å². The van der Waals surface area contributed by atoms with Crippen LogP contribution in [0.25, 0.3) is 0 Å². The number of methoxy groups -OCH3 is 5. The van der Waals surface area contributed by atoms with Crippen molar-refractivity contribution in [1.82, 2.24) is 0 Å². The quantitative estimate of drug-likeness (QED) is 0.0187. The fraction of sp³-hybridized carbons (Fsp3) is 0.768. The van der Waals surface area contributed by atoms with Crippen LogP contribution in [0.15, 0.2) is 63.3 Å². The van der Waals surface area contributed by atoms with E-state index in [1.807, 2.05) is 19.1 Å². The average molecular weight is 1000 g/mol. The van der Waals surface area contributed by atoms with E-state index in [0.717, 1.165) is 156 Å². The summed E-state index contributed by atoms with van der Waals surface area (Å²) in [5.41, 5.74) is 0.297. The SMILES string of the molecule is C=CC(=O)OCCCCCCCCOC.C=CC(=O)OCCCCCCOC.C=CC(=O)OCCCCOC.C=CCCCCCCOC.C=CCCOC.CCOCCCCCOCC1(C)COC1. The van der Waals surface area contributed by atoms with E-state index in [0.29, 0.717) is 31.8 Å². The maximum Gasteiger partial charge on any atom is 0.330 e. The molecule has 70 heavy (non-hydrogen) atoms. The Bertz CT molecular complexity index is 1110. The highest BCUT2D eigenvalue weighted by Crippen LogP contribution is 2.26. The molecule has 14 heteroatoms. The number of unbranched alkanes of at least 4 members (excludes halogenated alkanes) is 15. The fourth-order valence-electron chi connectivity index (χ4n) is 5.47. The number of allylic oxidation sites excluding steroid dienone is 1. The molecule has 1 rings (SSSR count). The third-order valence-electron chi connectivity index (χ3n) is 9.63. The number of hydrogen-bond acceptors (Lipinski definition) is 14. The Labute approximate surface area is 428 Å². The van der Waals surface area contributed by atoms with Crippen molar-refractivity contribution in [2.75, 3.05) is 128 Å². The van der Waals surface area contributed by atoms with Gasteiger partial charge in [0, 0.05) is 112 Å². The molecule has 0 bridgehead atoms. The Kier molecular flexibility index (Phi) is 75.8. The third-order valence-corrected chi connectivity index (χ3v) is 9.63. The summed E-state index contributed by atoms with van der Waals surface area (Å²) in [5, 5.41) is 0. The highest BCUT2D eigenvalue weighted by Gasteiger charge is 2.33. The number of carbonyl (C=O) groups excluding carboxylic acids is 3. The minimum Gasteiger partial charge on any atom is -0.463 e. The van der Waals surface area contributed by atoms with Crippen LogP contribution in [0.1, 0.15) is 149 Å². The molecule has 1 heterocycles. The first-order valence-corrected chi connectivity index (χ1v) is 25.8. The van der Waals surface area contributed by atoms with Gasteiger partial charge in [-0.05, 0) is 96.8 Å². The van der Waals surface area contributed by atoms with Gasteiger partial charge in [-0.25, -0.2) is 14.4 Å². The molecule has 1 saturated heterocycles. The number of ether oxygens (including phenoxy) is 11. The van der Waals surface area contributed by atoms with Crippen LogP contribution < -0.4 is 0 Å². The standard InChI is InChI=1S/C12H24O3.C12H22O3.C10H18O3.C9H18O.C8H14O3.C5H10O/c1-3-13-7-5-4-6-8-14-9-12(2)10-15-11-12;1-3-12(13)15-11-9-7-5-4-6-8-10-14-2;1-3-10(11)13-9-7-5-4-6-8-12-2;1-3-4-5-6-7-8-9-10-2;1-3-8(9)11-7-5-4-6-10-2;1-3-4-5-6-2/h3-11H2,1-2H3;3H,1,4-11H2,2H3;3H,1,4-9H2,2H3;3H,1,4-9H2,2H3;3H,1,4-7H2,2H3;3H,1,4-5H2,2H3. The molecule has 1 aliphatic rings. The summed E-state index contributed by atoms with van der Waals surface area (Å²) in [5.74, 6) is -1.02. The van der Waals surface area contributed by atoms with Crippen LogP contribution in [-0.2, 0) is 66.5 Å². The molecule has 1 aliphatic heterocycles. The first kappa shape index (κ1) is 75.7. The molecule has 0 aromatic carbocycles. The molecule has 414 valence electrons. The monoisotopic (exact) mass is 1000 g/mol. The Balaban J connectivity index is -0.000000246. The van der Waals surface area contributed by atoms with Crippen molar-refractivity contribution in [1.29, 1.82) is 0 Å². The van der Waals surface area contributed by atoms with E-state index in [1.54, 1.807) is 35.5 Å². The maximum absolute atomic E-state index is 10.7. The number of hydrogen-bond donors (Lipinski definition) is 0. The van der Waals surface area contributed by atoms with Crippen LogP contribution in [0.2, 0.25) is 0 Å². The molecule has 0 atom stereocenters. The second-order valence-electron chi connectivity index (χ2n) is 16.5. The van der Waals surface area contributed by atoms with Crippen molar-refractivity contribution in [3.63, 3.8) is 0 Å². The van der Waals surface area contributed by atoms with E-state index in [2.05, 4.69) is 39.8 Å². The van der Waals surface area contributed by atoms with Gasteiger partial charge in [-0.3, -0.25) is 0 Å². The molecule has 0 unspecified atom stereocenters. The third kappa shape index (κ3) is 76.3. The van der Waals surface area contributed by atoms with Crippen molar-refractivity contribution < 1.29 is 66.5 Å². The summed E-state index contributed by atoms with van der Waals surface area (Å²) in [6.07, 6.45) is 30.9. The van der Waals surface area contributed by atoms with Gasteiger partial charge < -0.3 is 52.1 Å². The number of esters is 3. The van der Waals surface area contributed by atoms with Gasteiger partial charge in [-0.15, -0.1) is 13.2 Å². The Morgan fingerprint density at radius 2 is 0.714 bits per heavy atom. The lowest BCUT2D eigenvalue weighted by Gasteiger charge is -2.37. The molecule has 14 nitrogen and oxygen atoms in total. The highest BCUT2D eigenvalue weighted by atomic mass is 16.5. The zero-order valence-corrected chi connectivity index (χ0v) is 45.9. The fourth-order valence-corrected chi connectivity index (χ4v) is 5.47. The van der Waals surface area contributed by atoms with Crippen molar-refractivity contribution in [2.45, 2.75) is 149 Å². The predicted octanol–water partition coefficient (Wildman–Crippen LogP) is 12.0. The Hall–Kier alpha value is -3.21. The van der Waals surface area contributed by atoms with Gasteiger partial charge in [-0.2, -0.15) is 0 Å². The van der Waals surface area contributed by atoms with Crippen molar-refractivity contribution in [2.24, 2.45) is 5.41 Å². The summed E-state index contributed by atoms with van der Waals surface area (Å²) in [7, 11) is 8.52. The smallest absolute Gasteiger partial charge is 0.330 e. The van der Waals surface area contributed by atoms with Crippen molar-refractivity contribution in [3.05, 3.63) is 63.3 Å². The van der Waals surface area contributed by atoms with Gasteiger partial charge in [0.25, 0.3) is 0 Å². The largest absolute Gasteiger partial charge is 0.463 e. The van der Waals surface area contributed by atoms with Crippen LogP contribution in [0.5, 0.6) is 0 Å². The normalized spacial score (nSPS) is 11.5. The molecule has 0 amide bonds.